The number of carbonyl (C=O) groups excluding carboxylic acids is 3. The highest BCUT2D eigenvalue weighted by Crippen LogP contribution is 2.45. The molecule has 5 atom stereocenters. The molecule has 1 N–H and O–H groups in total. The third-order valence-corrected chi connectivity index (χ3v) is 5.17. The molecule has 7 nitrogen and oxygen atoms in total. The SMILES string of the molecule is C=C(C)C(=O)OC1/C=C(/C=O)CCC[C@@]2(CO2)[C@H](O)[C@H]2OC(=O)C(=C)[C@H]12. The van der Waals surface area contributed by atoms with E-state index in [0.717, 1.165) is 0 Å². The van der Waals surface area contributed by atoms with E-state index in [4.69, 9.17) is 14.2 Å². The topological polar surface area (TPSA) is 102 Å². The lowest BCUT2D eigenvalue weighted by Crippen LogP contribution is -2.47. The van der Waals surface area contributed by atoms with Gasteiger partial charge in [-0.3, -0.25) is 4.79 Å². The summed E-state index contributed by atoms with van der Waals surface area (Å²) in [7, 11) is 0. The van der Waals surface area contributed by atoms with Gasteiger partial charge in [0.2, 0.25) is 0 Å². The van der Waals surface area contributed by atoms with Crippen LogP contribution >= 0.6 is 0 Å². The number of hydrogen-bond donors (Lipinski definition) is 1. The van der Waals surface area contributed by atoms with E-state index in [1.165, 1.54) is 13.0 Å². The predicted molar refractivity (Wildman–Crippen MR) is 89.9 cm³/mol. The van der Waals surface area contributed by atoms with Crippen molar-refractivity contribution in [2.45, 2.75) is 50.1 Å². The third-order valence-electron chi connectivity index (χ3n) is 5.17. The average Bonchev–Trinajstić information content (AvgIpc) is 3.32. The maximum Gasteiger partial charge on any atom is 0.334 e. The summed E-state index contributed by atoms with van der Waals surface area (Å²) in [5.74, 6) is -2.13. The van der Waals surface area contributed by atoms with E-state index in [2.05, 4.69) is 13.2 Å². The van der Waals surface area contributed by atoms with E-state index in [-0.39, 0.29) is 11.1 Å². The van der Waals surface area contributed by atoms with Crippen molar-refractivity contribution in [3.05, 3.63) is 36.0 Å². The summed E-state index contributed by atoms with van der Waals surface area (Å²) in [5.41, 5.74) is -0.0886. The normalized spacial score (nSPS) is 38.6. The van der Waals surface area contributed by atoms with Crippen LogP contribution in [0.15, 0.2) is 36.0 Å². The van der Waals surface area contributed by atoms with E-state index >= 15 is 0 Å². The standard InChI is InChI=1S/C19H22O7/c1-10(2)17(22)25-13-7-12(8-20)5-4-6-19(9-24-19)16(21)15-14(13)11(3)18(23)26-15/h7-8,13-16,21H,1,3-6,9H2,2H3/b12-7+/t13?,14-,15+,16-,19-/m1/s1. The Morgan fingerprint density at radius 2 is 2.19 bits per heavy atom. The van der Waals surface area contributed by atoms with Crippen molar-refractivity contribution in [1.29, 1.82) is 0 Å². The zero-order valence-electron chi connectivity index (χ0n) is 14.6. The predicted octanol–water partition coefficient (Wildman–Crippen LogP) is 1.01. The van der Waals surface area contributed by atoms with E-state index < -0.39 is 41.8 Å². The minimum Gasteiger partial charge on any atom is -0.455 e. The number of esters is 2. The van der Waals surface area contributed by atoms with Gasteiger partial charge in [-0.15, -0.1) is 0 Å². The van der Waals surface area contributed by atoms with Crippen molar-refractivity contribution in [3.63, 3.8) is 0 Å². The maximum absolute atomic E-state index is 12.1. The first-order chi connectivity index (χ1) is 12.3. The Bertz CT molecular complexity index is 701. The van der Waals surface area contributed by atoms with Gasteiger partial charge in [-0.1, -0.05) is 13.2 Å². The molecule has 1 spiro atoms. The Morgan fingerprint density at radius 1 is 1.50 bits per heavy atom. The molecular formula is C19H22O7. The number of aliphatic hydroxyl groups is 1. The molecule has 2 saturated heterocycles. The molecule has 0 aromatic rings. The van der Waals surface area contributed by atoms with Crippen LogP contribution in [0.3, 0.4) is 0 Å². The maximum atomic E-state index is 12.1. The summed E-state index contributed by atoms with van der Waals surface area (Å²) in [6.07, 6.45) is 0.772. The number of carbonyl (C=O) groups is 3. The number of fused-ring (bicyclic) bond motifs is 1. The van der Waals surface area contributed by atoms with Crippen LogP contribution in [0, 0.1) is 5.92 Å². The molecule has 2 aliphatic heterocycles. The summed E-state index contributed by atoms with van der Waals surface area (Å²) in [5, 5.41) is 10.8. The number of aliphatic hydroxyl groups excluding tert-OH is 1. The van der Waals surface area contributed by atoms with Crippen molar-refractivity contribution < 1.29 is 33.7 Å². The largest absolute Gasteiger partial charge is 0.455 e. The van der Waals surface area contributed by atoms with E-state index in [9.17, 15) is 19.5 Å². The molecule has 1 aliphatic carbocycles. The Balaban J connectivity index is 2.03. The number of hydrogen-bond acceptors (Lipinski definition) is 7. The Morgan fingerprint density at radius 3 is 2.77 bits per heavy atom. The molecule has 2 fully saturated rings. The second-order valence-corrected chi connectivity index (χ2v) is 7.08. The number of ether oxygens (including phenoxy) is 3. The van der Waals surface area contributed by atoms with Crippen LogP contribution in [0.5, 0.6) is 0 Å². The monoisotopic (exact) mass is 362 g/mol. The molecule has 7 heteroatoms. The number of rotatable bonds is 3. The summed E-state index contributed by atoms with van der Waals surface area (Å²) in [4.78, 5) is 35.6. The zero-order valence-corrected chi connectivity index (χ0v) is 14.6. The van der Waals surface area contributed by atoms with Gasteiger partial charge in [-0.25, -0.2) is 9.59 Å². The van der Waals surface area contributed by atoms with Crippen molar-refractivity contribution in [2.75, 3.05) is 6.61 Å². The first-order valence-corrected chi connectivity index (χ1v) is 8.53. The summed E-state index contributed by atoms with van der Waals surface area (Å²) in [6, 6.07) is 0. The molecule has 0 bridgehead atoms. The van der Waals surface area contributed by atoms with Gasteiger partial charge in [0.25, 0.3) is 0 Å². The second-order valence-electron chi connectivity index (χ2n) is 7.08. The van der Waals surface area contributed by atoms with Gasteiger partial charge in [0.1, 0.15) is 30.2 Å². The quantitative estimate of drug-likeness (QED) is 0.346. The van der Waals surface area contributed by atoms with Gasteiger partial charge in [0.15, 0.2) is 0 Å². The fourth-order valence-corrected chi connectivity index (χ4v) is 3.53. The summed E-state index contributed by atoms with van der Waals surface area (Å²) in [6.45, 7) is 9.13. The van der Waals surface area contributed by atoms with Crippen LogP contribution in [0.25, 0.3) is 0 Å². The van der Waals surface area contributed by atoms with Gasteiger partial charge >= 0.3 is 11.9 Å². The Labute approximate surface area is 151 Å². The summed E-state index contributed by atoms with van der Waals surface area (Å²) < 4.78 is 16.3. The van der Waals surface area contributed by atoms with Crippen LogP contribution in [0.1, 0.15) is 26.2 Å². The molecule has 0 amide bonds. The van der Waals surface area contributed by atoms with Crippen LogP contribution in [-0.2, 0) is 28.6 Å². The second kappa shape index (κ2) is 6.81. The van der Waals surface area contributed by atoms with Gasteiger partial charge in [0, 0.05) is 11.1 Å². The van der Waals surface area contributed by atoms with Crippen molar-refractivity contribution in [3.8, 4) is 0 Å². The van der Waals surface area contributed by atoms with Crippen LogP contribution < -0.4 is 0 Å². The van der Waals surface area contributed by atoms with E-state index in [0.29, 0.717) is 37.7 Å². The molecular weight excluding hydrogens is 340 g/mol. The Hall–Kier alpha value is -2.25. The van der Waals surface area contributed by atoms with E-state index in [1.807, 2.05) is 0 Å². The number of epoxide rings is 1. The highest BCUT2D eigenvalue weighted by Gasteiger charge is 2.60. The van der Waals surface area contributed by atoms with Crippen molar-refractivity contribution in [2.24, 2.45) is 5.92 Å². The van der Waals surface area contributed by atoms with Gasteiger partial charge in [0.05, 0.1) is 12.5 Å². The minimum absolute atomic E-state index is 0.0893. The molecule has 26 heavy (non-hydrogen) atoms. The van der Waals surface area contributed by atoms with Crippen molar-refractivity contribution in [1.82, 2.24) is 0 Å². The molecule has 140 valence electrons. The van der Waals surface area contributed by atoms with Crippen LogP contribution in [0.4, 0.5) is 0 Å². The molecule has 2 heterocycles. The molecule has 3 rings (SSSR count). The lowest BCUT2D eigenvalue weighted by atomic mass is 9.80. The molecule has 0 aromatic heterocycles. The minimum atomic E-state index is -1.08. The molecule has 1 unspecified atom stereocenters. The lowest BCUT2D eigenvalue weighted by molar-refractivity contribution is -0.152. The molecule has 0 radical (unpaired) electrons. The highest BCUT2D eigenvalue weighted by molar-refractivity contribution is 5.92. The van der Waals surface area contributed by atoms with Crippen LogP contribution in [0.2, 0.25) is 0 Å². The fourth-order valence-electron chi connectivity index (χ4n) is 3.53. The number of aldehydes is 1. The molecule has 3 aliphatic rings. The van der Waals surface area contributed by atoms with E-state index in [1.54, 1.807) is 0 Å². The number of allylic oxidation sites excluding steroid dienone is 1. The Kier molecular flexibility index (Phi) is 4.86. The van der Waals surface area contributed by atoms with Gasteiger partial charge in [-0.05, 0) is 37.8 Å². The summed E-state index contributed by atoms with van der Waals surface area (Å²) >= 11 is 0. The highest BCUT2D eigenvalue weighted by atomic mass is 16.6. The third kappa shape index (κ3) is 3.24. The fraction of sp³-hybridized carbons (Fsp3) is 0.526. The zero-order chi connectivity index (χ0) is 19.1. The lowest BCUT2D eigenvalue weighted by Gasteiger charge is -2.31. The smallest absolute Gasteiger partial charge is 0.334 e. The average molecular weight is 362 g/mol. The first kappa shape index (κ1) is 18.5. The first-order valence-electron chi connectivity index (χ1n) is 8.53. The van der Waals surface area contributed by atoms with Gasteiger partial charge in [-0.2, -0.15) is 0 Å². The molecule has 0 saturated carbocycles. The van der Waals surface area contributed by atoms with Crippen LogP contribution in [-0.4, -0.2) is 53.9 Å². The van der Waals surface area contributed by atoms with Crippen molar-refractivity contribution >= 4 is 18.2 Å². The molecule has 0 aromatic carbocycles. The van der Waals surface area contributed by atoms with Gasteiger partial charge < -0.3 is 19.3 Å².